The predicted octanol–water partition coefficient (Wildman–Crippen LogP) is 1.27. The first kappa shape index (κ1) is 12.4. The van der Waals surface area contributed by atoms with E-state index in [9.17, 15) is 4.79 Å². The maximum atomic E-state index is 11.3. The van der Waals surface area contributed by atoms with Crippen LogP contribution in [0.3, 0.4) is 0 Å². The van der Waals surface area contributed by atoms with Crippen LogP contribution < -0.4 is 11.1 Å². The van der Waals surface area contributed by atoms with Gasteiger partial charge in [0.25, 0.3) is 0 Å². The van der Waals surface area contributed by atoms with Crippen LogP contribution in [0.25, 0.3) is 0 Å². The zero-order valence-electron chi connectivity index (χ0n) is 9.13. The molecule has 0 aromatic heterocycles. The van der Waals surface area contributed by atoms with Gasteiger partial charge in [-0.25, -0.2) is 0 Å². The van der Waals surface area contributed by atoms with E-state index in [4.69, 9.17) is 5.73 Å². The number of hydrogen-bond donors (Lipinski definition) is 2. The Labute approximate surface area is 81.1 Å². The van der Waals surface area contributed by atoms with Crippen LogP contribution in [0.15, 0.2) is 0 Å². The Morgan fingerprint density at radius 3 is 2.08 bits per heavy atom. The van der Waals surface area contributed by atoms with E-state index in [0.717, 1.165) is 12.8 Å². The molecule has 0 aromatic carbocycles. The van der Waals surface area contributed by atoms with Crippen molar-refractivity contribution in [3.8, 4) is 0 Å². The summed E-state index contributed by atoms with van der Waals surface area (Å²) in [7, 11) is 0. The molecule has 2 atom stereocenters. The Hall–Kier alpha value is -0.570. The third kappa shape index (κ3) is 4.27. The molecule has 0 saturated heterocycles. The van der Waals surface area contributed by atoms with Gasteiger partial charge in [0.05, 0.1) is 6.04 Å². The van der Waals surface area contributed by atoms with Crippen LogP contribution in [0.4, 0.5) is 0 Å². The van der Waals surface area contributed by atoms with E-state index in [1.54, 1.807) is 6.92 Å². The van der Waals surface area contributed by atoms with Gasteiger partial charge in [-0.2, -0.15) is 0 Å². The van der Waals surface area contributed by atoms with Gasteiger partial charge in [0.15, 0.2) is 0 Å². The van der Waals surface area contributed by atoms with Crippen molar-refractivity contribution in [1.82, 2.24) is 5.32 Å². The first-order chi connectivity index (χ1) is 6.02. The van der Waals surface area contributed by atoms with Crippen LogP contribution in [0.1, 0.15) is 40.5 Å². The molecule has 1 amide bonds. The van der Waals surface area contributed by atoms with E-state index in [1.165, 1.54) is 0 Å². The molecule has 3 heteroatoms. The highest BCUT2D eigenvalue weighted by atomic mass is 16.2. The molecule has 3 N–H and O–H groups in total. The van der Waals surface area contributed by atoms with Crippen molar-refractivity contribution in [1.29, 1.82) is 0 Å². The van der Waals surface area contributed by atoms with Gasteiger partial charge in [0.2, 0.25) is 5.91 Å². The first-order valence-electron chi connectivity index (χ1n) is 5.08. The number of carbonyl (C=O) groups excluding carboxylic acids is 1. The van der Waals surface area contributed by atoms with Gasteiger partial charge in [0.1, 0.15) is 0 Å². The fourth-order valence-corrected chi connectivity index (χ4v) is 1.47. The van der Waals surface area contributed by atoms with Crippen molar-refractivity contribution in [2.45, 2.75) is 52.6 Å². The second-order valence-electron chi connectivity index (χ2n) is 3.66. The van der Waals surface area contributed by atoms with Crippen molar-refractivity contribution in [3.05, 3.63) is 0 Å². The Kier molecular flexibility index (Phi) is 5.71. The summed E-state index contributed by atoms with van der Waals surface area (Å²) < 4.78 is 0. The fraction of sp³-hybridized carbons (Fsp3) is 0.900. The quantitative estimate of drug-likeness (QED) is 0.679. The molecule has 13 heavy (non-hydrogen) atoms. The Morgan fingerprint density at radius 2 is 1.77 bits per heavy atom. The van der Waals surface area contributed by atoms with Crippen LogP contribution in [0.2, 0.25) is 0 Å². The highest BCUT2D eigenvalue weighted by Crippen LogP contribution is 2.12. The zero-order valence-corrected chi connectivity index (χ0v) is 9.13. The third-order valence-corrected chi connectivity index (χ3v) is 2.54. The lowest BCUT2D eigenvalue weighted by Gasteiger charge is -2.23. The highest BCUT2D eigenvalue weighted by molar-refractivity contribution is 5.81. The minimum atomic E-state index is -0.406. The number of nitrogens with two attached hydrogens (primary N) is 1. The Bertz CT molecular complexity index is 153. The Morgan fingerprint density at radius 1 is 1.31 bits per heavy atom. The average molecular weight is 186 g/mol. The van der Waals surface area contributed by atoms with E-state index in [0.29, 0.717) is 5.92 Å². The van der Waals surface area contributed by atoms with E-state index in [1.807, 2.05) is 6.92 Å². The zero-order chi connectivity index (χ0) is 10.4. The normalized spacial score (nSPS) is 15.5. The topological polar surface area (TPSA) is 55.1 Å². The number of nitrogens with one attached hydrogen (secondary N) is 1. The molecule has 2 unspecified atom stereocenters. The molecule has 78 valence electrons. The largest absolute Gasteiger partial charge is 0.352 e. The molecule has 0 fully saturated rings. The lowest BCUT2D eigenvalue weighted by molar-refractivity contribution is -0.122. The maximum Gasteiger partial charge on any atom is 0.236 e. The summed E-state index contributed by atoms with van der Waals surface area (Å²) >= 11 is 0. The van der Waals surface area contributed by atoms with Crippen LogP contribution in [-0.2, 0) is 4.79 Å². The second-order valence-corrected chi connectivity index (χ2v) is 3.66. The van der Waals surface area contributed by atoms with Crippen molar-refractivity contribution < 1.29 is 4.79 Å². The molecule has 0 spiro atoms. The number of carbonyl (C=O) groups is 1. The highest BCUT2D eigenvalue weighted by Gasteiger charge is 2.17. The molecule has 0 aromatic rings. The van der Waals surface area contributed by atoms with Crippen LogP contribution in [0.5, 0.6) is 0 Å². The van der Waals surface area contributed by atoms with Gasteiger partial charge in [0, 0.05) is 6.04 Å². The summed E-state index contributed by atoms with van der Waals surface area (Å²) in [6.07, 6.45) is 2.19. The van der Waals surface area contributed by atoms with E-state index >= 15 is 0 Å². The van der Waals surface area contributed by atoms with Crippen molar-refractivity contribution in [3.63, 3.8) is 0 Å². The predicted molar refractivity (Wildman–Crippen MR) is 55.3 cm³/mol. The molecule has 0 bridgehead atoms. The van der Waals surface area contributed by atoms with E-state index in [2.05, 4.69) is 19.2 Å². The maximum absolute atomic E-state index is 11.3. The minimum absolute atomic E-state index is 0.0561. The van der Waals surface area contributed by atoms with Crippen LogP contribution in [-0.4, -0.2) is 18.0 Å². The van der Waals surface area contributed by atoms with E-state index < -0.39 is 6.04 Å². The second kappa shape index (κ2) is 5.97. The fourth-order valence-electron chi connectivity index (χ4n) is 1.47. The van der Waals surface area contributed by atoms with Gasteiger partial charge in [-0.05, 0) is 19.8 Å². The summed E-state index contributed by atoms with van der Waals surface area (Å²) in [6.45, 7) is 8.03. The third-order valence-electron chi connectivity index (χ3n) is 2.54. The van der Waals surface area contributed by atoms with Crippen molar-refractivity contribution >= 4 is 5.91 Å². The van der Waals surface area contributed by atoms with Gasteiger partial charge in [-0.1, -0.05) is 26.7 Å². The molecular weight excluding hydrogens is 164 g/mol. The minimum Gasteiger partial charge on any atom is -0.352 e. The van der Waals surface area contributed by atoms with Gasteiger partial charge in [-0.3, -0.25) is 4.79 Å². The summed E-state index contributed by atoms with van der Waals surface area (Å²) in [5.74, 6) is 0.502. The summed E-state index contributed by atoms with van der Waals surface area (Å²) in [4.78, 5) is 11.3. The summed E-state index contributed by atoms with van der Waals surface area (Å²) in [5.41, 5.74) is 5.46. The first-order valence-corrected chi connectivity index (χ1v) is 5.08. The van der Waals surface area contributed by atoms with Gasteiger partial charge in [-0.15, -0.1) is 0 Å². The smallest absolute Gasteiger partial charge is 0.236 e. The summed E-state index contributed by atoms with van der Waals surface area (Å²) in [6, 6.07) is -0.176. The molecule has 3 nitrogen and oxygen atoms in total. The number of rotatable bonds is 5. The lowest BCUT2D eigenvalue weighted by Crippen LogP contribution is -2.45. The average Bonchev–Trinajstić information content (AvgIpc) is 2.06. The molecule has 0 radical (unpaired) electrons. The molecule has 0 aliphatic carbocycles. The van der Waals surface area contributed by atoms with Crippen LogP contribution >= 0.6 is 0 Å². The van der Waals surface area contributed by atoms with Gasteiger partial charge < -0.3 is 11.1 Å². The van der Waals surface area contributed by atoms with Crippen molar-refractivity contribution in [2.24, 2.45) is 11.7 Å². The van der Waals surface area contributed by atoms with Crippen molar-refractivity contribution in [2.75, 3.05) is 0 Å². The van der Waals surface area contributed by atoms with E-state index in [-0.39, 0.29) is 11.9 Å². The number of amides is 1. The molecule has 0 aliphatic rings. The molecule has 0 saturated carbocycles. The number of hydrogen-bond acceptors (Lipinski definition) is 2. The molecule has 0 aliphatic heterocycles. The molecular formula is C10H22N2O. The molecule has 0 rings (SSSR count). The SMILES string of the molecule is CCC(CC)C(C)NC(=O)C(C)N. The monoisotopic (exact) mass is 186 g/mol. The Balaban J connectivity index is 3.97. The molecule has 0 heterocycles. The standard InChI is InChI=1S/C10H22N2O/c1-5-9(6-2)8(4)12-10(13)7(3)11/h7-9H,5-6,11H2,1-4H3,(H,12,13). The summed E-state index contributed by atoms with van der Waals surface area (Å²) in [5, 5.41) is 2.92. The lowest BCUT2D eigenvalue weighted by atomic mass is 9.95. The van der Waals surface area contributed by atoms with Crippen LogP contribution in [0, 0.1) is 5.92 Å². The van der Waals surface area contributed by atoms with Gasteiger partial charge >= 0.3 is 0 Å².